The molecule has 4 N–H and O–H groups in total. The summed E-state index contributed by atoms with van der Waals surface area (Å²) in [5.74, 6) is 1.82. The molecule has 1 fully saturated rings. The maximum Gasteiger partial charge on any atom is 0.328 e. The summed E-state index contributed by atoms with van der Waals surface area (Å²) in [6.45, 7) is 0.505. The number of anilines is 2. The van der Waals surface area contributed by atoms with Gasteiger partial charge in [-0.25, -0.2) is 24.1 Å². The second-order valence-electron chi connectivity index (χ2n) is 7.90. The van der Waals surface area contributed by atoms with E-state index in [1.807, 2.05) is 25.1 Å². The molecule has 1 amide bonds. The van der Waals surface area contributed by atoms with Gasteiger partial charge in [0.1, 0.15) is 12.1 Å². The molecule has 1 saturated carbocycles. The van der Waals surface area contributed by atoms with Crippen LogP contribution in [-0.4, -0.2) is 62.2 Å². The van der Waals surface area contributed by atoms with Crippen LogP contribution in [0, 0.1) is 5.92 Å². The highest BCUT2D eigenvalue weighted by Gasteiger charge is 2.23. The van der Waals surface area contributed by atoms with Gasteiger partial charge in [0.25, 0.3) is 5.56 Å². The lowest BCUT2D eigenvalue weighted by molar-refractivity contribution is 0.237. The molecule has 0 bridgehead atoms. The van der Waals surface area contributed by atoms with Gasteiger partial charge in [0, 0.05) is 32.9 Å². The Kier molecular flexibility index (Phi) is 7.13. The Morgan fingerprint density at radius 2 is 1.94 bits per heavy atom. The van der Waals surface area contributed by atoms with Gasteiger partial charge in [0.05, 0.1) is 0 Å². The number of aromatic nitrogens is 6. The molecule has 0 spiro atoms. The molecule has 3 aromatic heterocycles. The van der Waals surface area contributed by atoms with Crippen molar-refractivity contribution < 1.29 is 4.79 Å². The summed E-state index contributed by atoms with van der Waals surface area (Å²) < 4.78 is 1.15. The van der Waals surface area contributed by atoms with Gasteiger partial charge in [0.15, 0.2) is 11.2 Å². The van der Waals surface area contributed by atoms with Crippen LogP contribution in [0.4, 0.5) is 16.6 Å². The van der Waals surface area contributed by atoms with E-state index in [1.54, 1.807) is 6.20 Å². The van der Waals surface area contributed by atoms with E-state index in [0.717, 1.165) is 36.1 Å². The van der Waals surface area contributed by atoms with Crippen molar-refractivity contribution in [3.8, 4) is 0 Å². The molecule has 0 atom stereocenters. The molecule has 172 valence electrons. The number of carbonyl (C=O) groups excluding carboxylic acids is 1. The average molecular weight is 464 g/mol. The SMILES string of the molecule is CN(C)c1ccnc(NC2CCC(CNC(=O)n3cnc4c(=O)[nH]c(=O)[nH]c43)CC2)n1.Cl. The van der Waals surface area contributed by atoms with Crippen LogP contribution in [0.3, 0.4) is 0 Å². The lowest BCUT2D eigenvalue weighted by Crippen LogP contribution is -2.36. The molecule has 0 saturated heterocycles. The lowest BCUT2D eigenvalue weighted by atomic mass is 9.86. The number of fused-ring (bicyclic) bond motifs is 1. The maximum absolute atomic E-state index is 12.5. The highest BCUT2D eigenvalue weighted by molar-refractivity contribution is 5.86. The highest BCUT2D eigenvalue weighted by Crippen LogP contribution is 2.25. The number of halogens is 1. The number of amides is 1. The molecular weight excluding hydrogens is 438 g/mol. The van der Waals surface area contributed by atoms with E-state index < -0.39 is 17.3 Å². The van der Waals surface area contributed by atoms with E-state index in [9.17, 15) is 14.4 Å². The number of imidazole rings is 1. The second kappa shape index (κ2) is 9.81. The first-order valence-corrected chi connectivity index (χ1v) is 10.2. The molecule has 0 aromatic carbocycles. The van der Waals surface area contributed by atoms with Crippen LogP contribution in [0.5, 0.6) is 0 Å². The molecule has 0 unspecified atom stereocenters. The molecule has 32 heavy (non-hydrogen) atoms. The van der Waals surface area contributed by atoms with Crippen molar-refractivity contribution in [3.63, 3.8) is 0 Å². The van der Waals surface area contributed by atoms with Crippen molar-refractivity contribution >= 4 is 41.4 Å². The van der Waals surface area contributed by atoms with Crippen LogP contribution in [0.2, 0.25) is 0 Å². The summed E-state index contributed by atoms with van der Waals surface area (Å²) >= 11 is 0. The predicted molar refractivity (Wildman–Crippen MR) is 123 cm³/mol. The Bertz CT molecular complexity index is 1190. The zero-order chi connectivity index (χ0) is 22.0. The minimum Gasteiger partial charge on any atom is -0.363 e. The van der Waals surface area contributed by atoms with Gasteiger partial charge in [0.2, 0.25) is 5.95 Å². The van der Waals surface area contributed by atoms with Crippen molar-refractivity contribution in [1.29, 1.82) is 0 Å². The fourth-order valence-corrected chi connectivity index (χ4v) is 3.77. The Hall–Kier alpha value is -3.41. The van der Waals surface area contributed by atoms with Gasteiger partial charge in [-0.3, -0.25) is 14.8 Å². The smallest absolute Gasteiger partial charge is 0.328 e. The van der Waals surface area contributed by atoms with Crippen LogP contribution < -0.4 is 26.8 Å². The van der Waals surface area contributed by atoms with E-state index in [0.29, 0.717) is 24.5 Å². The Morgan fingerprint density at radius 1 is 1.19 bits per heavy atom. The van der Waals surface area contributed by atoms with Crippen molar-refractivity contribution in [2.24, 2.45) is 5.92 Å². The van der Waals surface area contributed by atoms with Crippen molar-refractivity contribution in [3.05, 3.63) is 39.4 Å². The number of nitrogens with one attached hydrogen (secondary N) is 4. The molecule has 3 heterocycles. The number of hydrogen-bond donors (Lipinski definition) is 4. The zero-order valence-corrected chi connectivity index (χ0v) is 18.6. The van der Waals surface area contributed by atoms with E-state index in [-0.39, 0.29) is 23.6 Å². The second-order valence-corrected chi connectivity index (χ2v) is 7.90. The van der Waals surface area contributed by atoms with Gasteiger partial charge < -0.3 is 15.5 Å². The first-order valence-electron chi connectivity index (χ1n) is 10.2. The summed E-state index contributed by atoms with van der Waals surface area (Å²) in [4.78, 5) is 54.9. The minimum atomic E-state index is -0.682. The largest absolute Gasteiger partial charge is 0.363 e. The number of aromatic amines is 2. The molecule has 3 aromatic rings. The van der Waals surface area contributed by atoms with Crippen molar-refractivity contribution in [2.45, 2.75) is 31.7 Å². The summed E-state index contributed by atoms with van der Waals surface area (Å²) in [6.07, 6.45) is 6.78. The molecule has 1 aliphatic rings. The van der Waals surface area contributed by atoms with Crippen LogP contribution in [0.1, 0.15) is 25.7 Å². The average Bonchev–Trinajstić information content (AvgIpc) is 3.17. The fraction of sp³-hybridized carbons (Fsp3) is 0.474. The summed E-state index contributed by atoms with van der Waals surface area (Å²) in [6, 6.07) is 1.72. The van der Waals surface area contributed by atoms with Gasteiger partial charge in [-0.1, -0.05) is 0 Å². The van der Waals surface area contributed by atoms with Crippen molar-refractivity contribution in [2.75, 3.05) is 30.9 Å². The number of rotatable bonds is 5. The topological polar surface area (TPSA) is 154 Å². The molecular formula is C19H26ClN9O3. The summed E-state index contributed by atoms with van der Waals surface area (Å²) in [5, 5.41) is 6.27. The fourth-order valence-electron chi connectivity index (χ4n) is 3.77. The summed E-state index contributed by atoms with van der Waals surface area (Å²) in [5.41, 5.74) is -1.21. The molecule has 0 aliphatic heterocycles. The third-order valence-corrected chi connectivity index (χ3v) is 5.48. The third-order valence-electron chi connectivity index (χ3n) is 5.48. The number of carbonyl (C=O) groups is 1. The van der Waals surface area contributed by atoms with Crippen LogP contribution in [-0.2, 0) is 0 Å². The first kappa shape index (κ1) is 23.3. The molecule has 12 nitrogen and oxygen atoms in total. The quantitative estimate of drug-likeness (QED) is 0.435. The molecule has 0 radical (unpaired) electrons. The highest BCUT2D eigenvalue weighted by atomic mass is 35.5. The molecule has 1 aliphatic carbocycles. The van der Waals surface area contributed by atoms with Gasteiger partial charge in [-0.15, -0.1) is 12.4 Å². The standard InChI is InChI=1S/C19H25N9O3.ClH/c1-27(2)13-7-8-20-17(24-13)23-12-5-3-11(4-6-12)9-21-19(31)28-10-22-14-15(28)25-18(30)26-16(14)29;/h7-8,10-12H,3-6,9H2,1-2H3,(H,21,31)(H,20,23,24)(H2,25,26,29,30);1H. The number of hydrogen-bond acceptors (Lipinski definition) is 8. The van der Waals surface area contributed by atoms with Gasteiger partial charge in [-0.05, 0) is 37.7 Å². The van der Waals surface area contributed by atoms with E-state index in [2.05, 4.69) is 35.6 Å². The van der Waals surface area contributed by atoms with Gasteiger partial charge in [-0.2, -0.15) is 4.98 Å². The first-order chi connectivity index (χ1) is 14.9. The van der Waals surface area contributed by atoms with Gasteiger partial charge >= 0.3 is 11.7 Å². The monoisotopic (exact) mass is 463 g/mol. The van der Waals surface area contributed by atoms with E-state index in [4.69, 9.17) is 0 Å². The van der Waals surface area contributed by atoms with E-state index in [1.165, 1.54) is 6.33 Å². The third kappa shape index (κ3) is 5.07. The maximum atomic E-state index is 12.5. The summed E-state index contributed by atoms with van der Waals surface area (Å²) in [7, 11) is 3.88. The predicted octanol–water partition coefficient (Wildman–Crippen LogP) is 0.919. The van der Waals surface area contributed by atoms with Crippen LogP contribution in [0.15, 0.2) is 28.2 Å². The number of nitrogens with zero attached hydrogens (tertiary/aromatic N) is 5. The Labute approximate surface area is 189 Å². The van der Waals surface area contributed by atoms with Crippen LogP contribution in [0.25, 0.3) is 11.2 Å². The van der Waals surface area contributed by atoms with E-state index >= 15 is 0 Å². The lowest BCUT2D eigenvalue weighted by Gasteiger charge is -2.29. The zero-order valence-electron chi connectivity index (χ0n) is 17.8. The van der Waals surface area contributed by atoms with Crippen molar-refractivity contribution in [1.82, 2.24) is 34.8 Å². The van der Waals surface area contributed by atoms with Crippen LogP contribution >= 0.6 is 12.4 Å². The Morgan fingerprint density at radius 3 is 2.66 bits per heavy atom. The Balaban J connectivity index is 0.00000289. The molecule has 4 rings (SSSR count). The number of H-pyrrole nitrogens is 2. The molecule has 13 heteroatoms. The normalized spacial score (nSPS) is 18.1. The minimum absolute atomic E-state index is 0.